The molecule has 4 atom stereocenters. The molecule has 0 saturated carbocycles. The van der Waals surface area contributed by atoms with Crippen LogP contribution in [0, 0.1) is 11.6 Å². The summed E-state index contributed by atoms with van der Waals surface area (Å²) in [6.07, 6.45) is -3.01. The predicted octanol–water partition coefficient (Wildman–Crippen LogP) is 0.294. The van der Waals surface area contributed by atoms with Crippen molar-refractivity contribution in [1.82, 2.24) is 4.90 Å². The molecule has 1 saturated heterocycles. The van der Waals surface area contributed by atoms with E-state index in [2.05, 4.69) is 0 Å². The van der Waals surface area contributed by atoms with Gasteiger partial charge in [0.2, 0.25) is 0 Å². The summed E-state index contributed by atoms with van der Waals surface area (Å²) < 4.78 is 26.6. The number of aliphatic hydroxyl groups is 3. The molecule has 1 fully saturated rings. The number of benzene rings is 1. The third-order valence-electron chi connectivity index (χ3n) is 3.91. The monoisotopic (exact) mass is 287 g/mol. The summed E-state index contributed by atoms with van der Waals surface area (Å²) in [6.45, 7) is 2.28. The SMILES string of the molecule is C[C@@H]1[C@@H](O)[C@H](O)[C@@H](O)CN1CCc1cc(F)ccc1F. The van der Waals surface area contributed by atoms with Gasteiger partial charge in [-0.1, -0.05) is 0 Å². The van der Waals surface area contributed by atoms with E-state index >= 15 is 0 Å². The summed E-state index contributed by atoms with van der Waals surface area (Å²) >= 11 is 0. The molecule has 20 heavy (non-hydrogen) atoms. The zero-order valence-electron chi connectivity index (χ0n) is 11.2. The van der Waals surface area contributed by atoms with Crippen molar-refractivity contribution >= 4 is 0 Å². The van der Waals surface area contributed by atoms with Gasteiger partial charge in [-0.05, 0) is 37.1 Å². The lowest BCUT2D eigenvalue weighted by Crippen LogP contribution is -2.60. The second-order valence-corrected chi connectivity index (χ2v) is 5.27. The number of aliphatic hydroxyl groups excluding tert-OH is 3. The zero-order chi connectivity index (χ0) is 14.9. The number of hydrogen-bond acceptors (Lipinski definition) is 4. The summed E-state index contributed by atoms with van der Waals surface area (Å²) in [5, 5.41) is 29.0. The number of piperidine rings is 1. The molecule has 0 aliphatic carbocycles. The van der Waals surface area contributed by atoms with E-state index in [9.17, 15) is 24.1 Å². The zero-order valence-corrected chi connectivity index (χ0v) is 11.2. The van der Waals surface area contributed by atoms with Crippen LogP contribution in [0.4, 0.5) is 8.78 Å². The van der Waals surface area contributed by atoms with Crippen molar-refractivity contribution in [3.05, 3.63) is 35.4 Å². The van der Waals surface area contributed by atoms with Crippen LogP contribution in [0.3, 0.4) is 0 Å². The smallest absolute Gasteiger partial charge is 0.126 e. The molecular formula is C14H19F2NO3. The maximum absolute atomic E-state index is 13.5. The molecule has 1 heterocycles. The number of nitrogens with zero attached hydrogens (tertiary/aromatic N) is 1. The van der Waals surface area contributed by atoms with E-state index in [0.717, 1.165) is 18.2 Å². The van der Waals surface area contributed by atoms with Gasteiger partial charge in [0.1, 0.15) is 17.7 Å². The average molecular weight is 287 g/mol. The van der Waals surface area contributed by atoms with Gasteiger partial charge in [-0.3, -0.25) is 4.90 Å². The maximum Gasteiger partial charge on any atom is 0.126 e. The van der Waals surface area contributed by atoms with E-state index < -0.39 is 29.9 Å². The molecule has 0 aromatic heterocycles. The van der Waals surface area contributed by atoms with Crippen molar-refractivity contribution in [2.24, 2.45) is 0 Å². The van der Waals surface area contributed by atoms with Crippen LogP contribution >= 0.6 is 0 Å². The molecule has 6 heteroatoms. The van der Waals surface area contributed by atoms with Gasteiger partial charge in [0.15, 0.2) is 0 Å². The highest BCUT2D eigenvalue weighted by Gasteiger charge is 2.38. The Kier molecular flexibility index (Phi) is 4.70. The fraction of sp³-hybridized carbons (Fsp3) is 0.571. The summed E-state index contributed by atoms with van der Waals surface area (Å²) in [7, 11) is 0. The van der Waals surface area contributed by atoms with Crippen molar-refractivity contribution < 1.29 is 24.1 Å². The molecule has 0 unspecified atom stereocenters. The van der Waals surface area contributed by atoms with Crippen LogP contribution in [0.15, 0.2) is 18.2 Å². The van der Waals surface area contributed by atoms with Crippen molar-refractivity contribution in [2.75, 3.05) is 13.1 Å². The minimum Gasteiger partial charge on any atom is -0.389 e. The normalized spacial score (nSPS) is 31.5. The van der Waals surface area contributed by atoms with Crippen LogP contribution in [0.25, 0.3) is 0 Å². The molecule has 1 aliphatic heterocycles. The van der Waals surface area contributed by atoms with Crippen LogP contribution in [-0.2, 0) is 6.42 Å². The van der Waals surface area contributed by atoms with Gasteiger partial charge in [-0.15, -0.1) is 0 Å². The van der Waals surface area contributed by atoms with Crippen LogP contribution in [0.2, 0.25) is 0 Å². The molecule has 1 aliphatic rings. The Hall–Kier alpha value is -1.08. The van der Waals surface area contributed by atoms with Crippen LogP contribution < -0.4 is 0 Å². The Labute approximate surface area is 116 Å². The molecule has 0 radical (unpaired) electrons. The molecule has 3 N–H and O–H groups in total. The van der Waals surface area contributed by atoms with Crippen molar-refractivity contribution in [3.8, 4) is 0 Å². The predicted molar refractivity (Wildman–Crippen MR) is 69.1 cm³/mol. The molecule has 0 spiro atoms. The molecular weight excluding hydrogens is 268 g/mol. The van der Waals surface area contributed by atoms with Gasteiger partial charge < -0.3 is 15.3 Å². The highest BCUT2D eigenvalue weighted by Crippen LogP contribution is 2.20. The third kappa shape index (κ3) is 3.15. The highest BCUT2D eigenvalue weighted by atomic mass is 19.1. The first-order valence-corrected chi connectivity index (χ1v) is 6.62. The van der Waals surface area contributed by atoms with E-state index in [4.69, 9.17) is 0 Å². The van der Waals surface area contributed by atoms with E-state index in [1.165, 1.54) is 0 Å². The first-order valence-electron chi connectivity index (χ1n) is 6.62. The number of rotatable bonds is 3. The van der Waals surface area contributed by atoms with Gasteiger partial charge in [0.05, 0.1) is 12.2 Å². The second-order valence-electron chi connectivity index (χ2n) is 5.27. The minimum absolute atomic E-state index is 0.191. The van der Waals surface area contributed by atoms with E-state index in [1.807, 2.05) is 0 Å². The van der Waals surface area contributed by atoms with Gasteiger partial charge in [0, 0.05) is 19.1 Å². The summed E-state index contributed by atoms with van der Waals surface area (Å²) in [4.78, 5) is 1.76. The molecule has 1 aromatic rings. The summed E-state index contributed by atoms with van der Waals surface area (Å²) in [5.74, 6) is -0.972. The van der Waals surface area contributed by atoms with Crippen LogP contribution in [0.1, 0.15) is 12.5 Å². The van der Waals surface area contributed by atoms with Gasteiger partial charge in [-0.2, -0.15) is 0 Å². The minimum atomic E-state index is -1.17. The number of halogens is 2. The molecule has 2 rings (SSSR count). The van der Waals surface area contributed by atoms with Crippen LogP contribution in [-0.4, -0.2) is 57.7 Å². The summed E-state index contributed by atoms with van der Waals surface area (Å²) in [5.41, 5.74) is 0.257. The van der Waals surface area contributed by atoms with Gasteiger partial charge >= 0.3 is 0 Å². The van der Waals surface area contributed by atoms with Crippen molar-refractivity contribution in [1.29, 1.82) is 0 Å². The Morgan fingerprint density at radius 2 is 1.90 bits per heavy atom. The third-order valence-corrected chi connectivity index (χ3v) is 3.91. The van der Waals surface area contributed by atoms with Crippen LogP contribution in [0.5, 0.6) is 0 Å². The van der Waals surface area contributed by atoms with E-state index in [0.29, 0.717) is 6.54 Å². The first-order chi connectivity index (χ1) is 9.40. The Balaban J connectivity index is 2.01. The second kappa shape index (κ2) is 6.13. The van der Waals surface area contributed by atoms with E-state index in [-0.39, 0.29) is 24.6 Å². The largest absolute Gasteiger partial charge is 0.389 e. The fourth-order valence-electron chi connectivity index (χ4n) is 2.54. The first kappa shape index (κ1) is 15.3. The Morgan fingerprint density at radius 3 is 2.60 bits per heavy atom. The van der Waals surface area contributed by atoms with Crippen molar-refractivity contribution in [2.45, 2.75) is 37.7 Å². The lowest BCUT2D eigenvalue weighted by atomic mass is 9.94. The Bertz CT molecular complexity index is 472. The van der Waals surface area contributed by atoms with Gasteiger partial charge in [-0.25, -0.2) is 8.78 Å². The average Bonchev–Trinajstić information content (AvgIpc) is 2.42. The Morgan fingerprint density at radius 1 is 1.20 bits per heavy atom. The number of hydrogen-bond donors (Lipinski definition) is 3. The van der Waals surface area contributed by atoms with Gasteiger partial charge in [0.25, 0.3) is 0 Å². The maximum atomic E-state index is 13.5. The summed E-state index contributed by atoms with van der Waals surface area (Å²) in [6, 6.07) is 2.93. The lowest BCUT2D eigenvalue weighted by molar-refractivity contribution is -0.132. The molecule has 1 aromatic carbocycles. The van der Waals surface area contributed by atoms with E-state index in [1.54, 1.807) is 11.8 Å². The molecule has 0 bridgehead atoms. The lowest BCUT2D eigenvalue weighted by Gasteiger charge is -2.42. The standard InChI is InChI=1S/C14H19F2NO3/c1-8-13(19)14(20)12(18)7-17(8)5-4-9-6-10(15)2-3-11(9)16/h2-3,6,8,12-14,18-20H,4-5,7H2,1H3/t8-,12+,13-,14-/m1/s1. The number of likely N-dealkylation sites (tertiary alicyclic amines) is 1. The highest BCUT2D eigenvalue weighted by molar-refractivity contribution is 5.19. The molecule has 0 amide bonds. The van der Waals surface area contributed by atoms with Crippen molar-refractivity contribution in [3.63, 3.8) is 0 Å². The molecule has 4 nitrogen and oxygen atoms in total. The molecule has 112 valence electrons. The fourth-order valence-corrected chi connectivity index (χ4v) is 2.54. The quantitative estimate of drug-likeness (QED) is 0.748. The number of β-amino-alcohol motifs (C(OH)–C–C–N with tert-alkyl or cyclic N) is 1. The topological polar surface area (TPSA) is 63.9 Å².